The maximum Gasteiger partial charge on any atom is 0.274 e. The fourth-order valence-corrected chi connectivity index (χ4v) is 7.66. The van der Waals surface area contributed by atoms with Crippen molar-refractivity contribution in [2.75, 3.05) is 23.9 Å². The quantitative estimate of drug-likeness (QED) is 0.520. The molecule has 0 amide bonds. The molecule has 0 aliphatic carbocycles. The summed E-state index contributed by atoms with van der Waals surface area (Å²) in [7, 11) is -3.67. The van der Waals surface area contributed by atoms with Gasteiger partial charge in [0.05, 0.1) is 5.69 Å². The van der Waals surface area contributed by atoms with E-state index in [4.69, 9.17) is 11.6 Å². The number of rotatable bonds is 5. The van der Waals surface area contributed by atoms with Gasteiger partial charge in [-0.2, -0.15) is 0 Å². The molecular weight excluding hydrogens is 424 g/mol. The van der Waals surface area contributed by atoms with Gasteiger partial charge < -0.3 is 0 Å². The number of hydrogen-bond donors (Lipinski definition) is 0. The maximum absolute atomic E-state index is 13.7. The van der Waals surface area contributed by atoms with Crippen LogP contribution in [0, 0.1) is 6.92 Å². The highest BCUT2D eigenvalue weighted by atomic mass is 35.5. The Bertz CT molecular complexity index is 1170. The summed E-state index contributed by atoms with van der Waals surface area (Å²) in [5.74, 6) is 0. The summed E-state index contributed by atoms with van der Waals surface area (Å²) in [6.45, 7) is 9.16. The number of benzene rings is 2. The highest BCUT2D eigenvalue weighted by Crippen LogP contribution is 2.39. The first-order chi connectivity index (χ1) is 13.9. The van der Waals surface area contributed by atoms with Gasteiger partial charge in [-0.05, 0) is 73.2 Å². The molecule has 1 aliphatic rings. The molecule has 0 saturated carbocycles. The average Bonchev–Trinajstić information content (AvgIpc) is 3.05. The third-order valence-electron chi connectivity index (χ3n) is 5.70. The molecule has 0 bridgehead atoms. The molecule has 0 atom stereocenters. The topological polar surface area (TPSA) is 40.6 Å². The predicted octanol–water partition coefficient (Wildman–Crippen LogP) is 5.46. The second kappa shape index (κ2) is 7.91. The minimum Gasteiger partial charge on any atom is -0.299 e. The summed E-state index contributed by atoms with van der Waals surface area (Å²) in [6, 6.07) is 11.6. The summed E-state index contributed by atoms with van der Waals surface area (Å²) in [5.41, 5.74) is 3.97. The van der Waals surface area contributed by atoms with E-state index in [-0.39, 0.29) is 0 Å². The van der Waals surface area contributed by atoms with Crippen LogP contribution < -0.4 is 4.31 Å². The van der Waals surface area contributed by atoms with Gasteiger partial charge in [0.15, 0.2) is 0 Å². The smallest absolute Gasteiger partial charge is 0.274 e. The number of aryl methyl sites for hydroxylation is 1. The lowest BCUT2D eigenvalue weighted by molar-refractivity contribution is 0.268. The number of likely N-dealkylation sites (N-methyl/N-ethyl adjacent to an activating group) is 1. The first-order valence-electron chi connectivity index (χ1n) is 9.91. The van der Waals surface area contributed by atoms with Crippen molar-refractivity contribution in [1.29, 1.82) is 0 Å². The molecule has 29 heavy (non-hydrogen) atoms. The number of halogens is 1. The Morgan fingerprint density at radius 3 is 2.72 bits per heavy atom. The number of thiophene rings is 1. The van der Waals surface area contributed by atoms with Gasteiger partial charge in [0.2, 0.25) is 0 Å². The summed E-state index contributed by atoms with van der Waals surface area (Å²) in [5, 5.41) is 1.53. The van der Waals surface area contributed by atoms with Crippen molar-refractivity contribution >= 4 is 48.7 Å². The Balaban J connectivity index is 1.82. The van der Waals surface area contributed by atoms with Gasteiger partial charge in [-0.25, -0.2) is 8.42 Å². The summed E-state index contributed by atoms with van der Waals surface area (Å²) in [6.07, 6.45) is 0.867. The zero-order valence-electron chi connectivity index (χ0n) is 16.9. The van der Waals surface area contributed by atoms with Crippen LogP contribution in [0.15, 0.2) is 40.6 Å². The minimum atomic E-state index is -3.67. The van der Waals surface area contributed by atoms with Crippen LogP contribution in [0.4, 0.5) is 5.69 Å². The van der Waals surface area contributed by atoms with Gasteiger partial charge in [0.25, 0.3) is 10.0 Å². The van der Waals surface area contributed by atoms with E-state index in [1.807, 2.05) is 38.1 Å². The van der Waals surface area contributed by atoms with Crippen LogP contribution in [0.3, 0.4) is 0 Å². The first-order valence-corrected chi connectivity index (χ1v) is 12.5. The molecule has 0 fully saturated rings. The Morgan fingerprint density at radius 2 is 2.00 bits per heavy atom. The molecule has 2 heterocycles. The molecule has 0 saturated heterocycles. The van der Waals surface area contributed by atoms with Crippen LogP contribution >= 0.6 is 22.9 Å². The number of hydrogen-bond acceptors (Lipinski definition) is 4. The van der Waals surface area contributed by atoms with Crippen LogP contribution in [-0.4, -0.2) is 33.0 Å². The normalized spacial score (nSPS) is 14.9. The molecule has 1 aliphatic heterocycles. The van der Waals surface area contributed by atoms with Crippen molar-refractivity contribution in [1.82, 2.24) is 4.90 Å². The van der Waals surface area contributed by atoms with Crippen molar-refractivity contribution in [2.24, 2.45) is 0 Å². The standard InChI is InChI=1S/C22H25ClN2O2S2/c1-4-24-12-11-18-16(14-24)7-6-8-20(18)25(5-2)29(26,27)22-15(3)19-13-17(23)9-10-21(19)28-22/h6-10,13H,4-5,11-12,14H2,1-3H3. The van der Waals surface area contributed by atoms with Crippen molar-refractivity contribution in [3.05, 3.63) is 58.1 Å². The zero-order chi connectivity index (χ0) is 20.8. The molecular formula is C22H25ClN2O2S2. The molecule has 0 radical (unpaired) electrons. The van der Waals surface area contributed by atoms with E-state index >= 15 is 0 Å². The fraction of sp³-hybridized carbons (Fsp3) is 0.364. The lowest BCUT2D eigenvalue weighted by atomic mass is 9.98. The van der Waals surface area contributed by atoms with Crippen molar-refractivity contribution in [3.63, 3.8) is 0 Å². The molecule has 4 rings (SSSR count). The van der Waals surface area contributed by atoms with Crippen molar-refractivity contribution < 1.29 is 8.42 Å². The van der Waals surface area contributed by atoms with E-state index in [0.717, 1.165) is 53.0 Å². The molecule has 154 valence electrons. The van der Waals surface area contributed by atoms with Crippen molar-refractivity contribution in [3.8, 4) is 0 Å². The lowest BCUT2D eigenvalue weighted by Crippen LogP contribution is -2.35. The SMILES string of the molecule is CCN1CCc2c(cccc2N(CC)S(=O)(=O)c2sc3ccc(Cl)cc3c2C)C1. The maximum atomic E-state index is 13.7. The monoisotopic (exact) mass is 448 g/mol. The molecule has 0 spiro atoms. The Morgan fingerprint density at radius 1 is 1.21 bits per heavy atom. The van der Waals surface area contributed by atoms with E-state index < -0.39 is 10.0 Å². The first kappa shape index (κ1) is 20.7. The molecule has 4 nitrogen and oxygen atoms in total. The predicted molar refractivity (Wildman–Crippen MR) is 123 cm³/mol. The van der Waals surface area contributed by atoms with Gasteiger partial charge in [-0.15, -0.1) is 11.3 Å². The van der Waals surface area contributed by atoms with Crippen LogP contribution in [0.25, 0.3) is 10.1 Å². The van der Waals surface area contributed by atoms with E-state index in [0.29, 0.717) is 15.8 Å². The summed E-state index contributed by atoms with van der Waals surface area (Å²) < 4.78 is 30.4. The average molecular weight is 449 g/mol. The van der Waals surface area contributed by atoms with Gasteiger partial charge in [-0.1, -0.05) is 30.7 Å². The number of fused-ring (bicyclic) bond motifs is 2. The highest BCUT2D eigenvalue weighted by Gasteiger charge is 2.31. The van der Waals surface area contributed by atoms with Gasteiger partial charge >= 0.3 is 0 Å². The lowest BCUT2D eigenvalue weighted by Gasteiger charge is -2.32. The number of sulfonamides is 1. The molecule has 7 heteroatoms. The third-order valence-corrected chi connectivity index (χ3v) is 9.70. The molecule has 2 aromatic carbocycles. The second-order valence-electron chi connectivity index (χ2n) is 7.36. The van der Waals surface area contributed by atoms with Gasteiger partial charge in [0, 0.05) is 29.4 Å². The van der Waals surface area contributed by atoms with Crippen LogP contribution in [0.5, 0.6) is 0 Å². The number of anilines is 1. The third kappa shape index (κ3) is 3.56. The van der Waals surface area contributed by atoms with Crippen LogP contribution in [0.2, 0.25) is 5.02 Å². The zero-order valence-corrected chi connectivity index (χ0v) is 19.3. The Hall–Kier alpha value is -1.60. The molecule has 3 aromatic rings. The summed E-state index contributed by atoms with van der Waals surface area (Å²) >= 11 is 7.47. The molecule has 1 aromatic heterocycles. The van der Waals surface area contributed by atoms with Crippen LogP contribution in [-0.2, 0) is 23.0 Å². The summed E-state index contributed by atoms with van der Waals surface area (Å²) in [4.78, 5) is 2.39. The van der Waals surface area contributed by atoms with E-state index in [9.17, 15) is 8.42 Å². The number of nitrogens with zero attached hydrogens (tertiary/aromatic N) is 2. The Labute approximate surface area is 181 Å². The van der Waals surface area contributed by atoms with Gasteiger partial charge in [-0.3, -0.25) is 9.21 Å². The second-order valence-corrected chi connectivity index (χ2v) is 10.9. The fourth-order valence-electron chi connectivity index (χ4n) is 4.14. The minimum absolute atomic E-state index is 0.394. The Kier molecular flexibility index (Phi) is 5.64. The molecule has 0 unspecified atom stereocenters. The van der Waals surface area contributed by atoms with E-state index in [2.05, 4.69) is 17.9 Å². The van der Waals surface area contributed by atoms with E-state index in [1.165, 1.54) is 16.9 Å². The van der Waals surface area contributed by atoms with Crippen molar-refractivity contribution in [2.45, 2.75) is 37.9 Å². The van der Waals surface area contributed by atoms with Crippen LogP contribution in [0.1, 0.15) is 30.5 Å². The van der Waals surface area contributed by atoms with Gasteiger partial charge in [0.1, 0.15) is 4.21 Å². The molecule has 0 N–H and O–H groups in total. The van der Waals surface area contributed by atoms with E-state index in [1.54, 1.807) is 10.4 Å². The highest BCUT2D eigenvalue weighted by molar-refractivity contribution is 7.95. The largest absolute Gasteiger partial charge is 0.299 e.